The number of rotatable bonds is 9. The molecule has 0 unspecified atom stereocenters. The topological polar surface area (TPSA) is 96.3 Å². The average Bonchev–Trinajstić information content (AvgIpc) is 3.59. The second-order valence-corrected chi connectivity index (χ2v) is 9.61. The van der Waals surface area contributed by atoms with E-state index in [1.165, 1.54) is 4.90 Å². The molecule has 2 N–H and O–H groups in total. The van der Waals surface area contributed by atoms with Gasteiger partial charge in [0.25, 0.3) is 5.91 Å². The van der Waals surface area contributed by atoms with Crippen molar-refractivity contribution in [2.75, 3.05) is 6.54 Å². The van der Waals surface area contributed by atoms with Crippen molar-refractivity contribution in [2.24, 2.45) is 0 Å². The maximum absolute atomic E-state index is 12.8. The highest BCUT2D eigenvalue weighted by molar-refractivity contribution is 6.07. The Kier molecular flexibility index (Phi) is 6.84. The lowest BCUT2D eigenvalue weighted by molar-refractivity contribution is -0.131. The summed E-state index contributed by atoms with van der Waals surface area (Å²) in [6, 6.07) is 19.7. The Morgan fingerprint density at radius 3 is 2.42 bits per heavy atom. The van der Waals surface area contributed by atoms with Gasteiger partial charge in [0.15, 0.2) is 0 Å². The molecule has 1 saturated heterocycles. The van der Waals surface area contributed by atoms with Crippen LogP contribution in [0.3, 0.4) is 0 Å². The van der Waals surface area contributed by atoms with Crippen LogP contribution in [0.1, 0.15) is 49.7 Å². The Bertz CT molecular complexity index is 1230. The van der Waals surface area contributed by atoms with E-state index in [9.17, 15) is 14.4 Å². The van der Waals surface area contributed by atoms with Crippen LogP contribution in [0.2, 0.25) is 0 Å². The van der Waals surface area contributed by atoms with Gasteiger partial charge in [-0.1, -0.05) is 73.5 Å². The summed E-state index contributed by atoms with van der Waals surface area (Å²) in [6.45, 7) is 1.25. The minimum absolute atomic E-state index is 0.118. The molecule has 1 aliphatic carbocycles. The Morgan fingerprint density at radius 1 is 1.00 bits per heavy atom. The Hall–Kier alpha value is -3.94. The molecule has 2 aliphatic rings. The molecule has 5 rings (SSSR count). The molecule has 186 valence electrons. The van der Waals surface area contributed by atoms with E-state index in [4.69, 9.17) is 5.10 Å². The third-order valence-electron chi connectivity index (χ3n) is 7.04. The van der Waals surface area contributed by atoms with E-state index >= 15 is 0 Å². The van der Waals surface area contributed by atoms with Gasteiger partial charge in [-0.2, -0.15) is 5.10 Å². The molecule has 2 fully saturated rings. The number of imide groups is 1. The lowest BCUT2D eigenvalue weighted by Gasteiger charge is -2.19. The molecule has 0 bridgehead atoms. The molecule has 8 heteroatoms. The highest BCUT2D eigenvalue weighted by Crippen LogP contribution is 2.35. The zero-order valence-electron chi connectivity index (χ0n) is 20.3. The van der Waals surface area contributed by atoms with Crippen LogP contribution >= 0.6 is 0 Å². The van der Waals surface area contributed by atoms with Gasteiger partial charge in [0.1, 0.15) is 5.54 Å². The maximum Gasteiger partial charge on any atom is 0.325 e. The smallest absolute Gasteiger partial charge is 0.325 e. The van der Waals surface area contributed by atoms with E-state index in [1.54, 1.807) is 0 Å². The summed E-state index contributed by atoms with van der Waals surface area (Å²) in [4.78, 5) is 39.0. The first-order valence-corrected chi connectivity index (χ1v) is 12.6. The second-order valence-electron chi connectivity index (χ2n) is 9.61. The summed E-state index contributed by atoms with van der Waals surface area (Å²) in [5, 5.41) is 10.7. The number of urea groups is 1. The second kappa shape index (κ2) is 10.4. The highest BCUT2D eigenvalue weighted by atomic mass is 16.2. The summed E-state index contributed by atoms with van der Waals surface area (Å²) in [7, 11) is 0. The number of carbonyl (C=O) groups excluding carboxylic acids is 3. The van der Waals surface area contributed by atoms with Crippen molar-refractivity contribution in [3.63, 3.8) is 0 Å². The Labute approximate surface area is 210 Å². The largest absolute Gasteiger partial charge is 0.352 e. The van der Waals surface area contributed by atoms with E-state index in [1.807, 2.05) is 59.4 Å². The third-order valence-corrected chi connectivity index (χ3v) is 7.04. The quantitative estimate of drug-likeness (QED) is 0.450. The zero-order valence-corrected chi connectivity index (χ0v) is 20.3. The van der Waals surface area contributed by atoms with E-state index < -0.39 is 5.54 Å². The SMILES string of the molecule is O=C(CCCN1C(=O)NC2(CCCC2)C1=O)NCc1cn(Cc2ccccc2)nc1-c1ccccc1. The van der Waals surface area contributed by atoms with Crippen LogP contribution in [0, 0.1) is 0 Å². The predicted octanol–water partition coefficient (Wildman–Crippen LogP) is 3.86. The average molecular weight is 486 g/mol. The number of benzene rings is 2. The highest BCUT2D eigenvalue weighted by Gasteiger charge is 2.52. The number of amides is 4. The molecule has 1 aliphatic heterocycles. The zero-order chi connectivity index (χ0) is 25.0. The first kappa shape index (κ1) is 23.8. The Morgan fingerprint density at radius 2 is 1.69 bits per heavy atom. The van der Waals surface area contributed by atoms with Crippen LogP contribution in [-0.2, 0) is 22.7 Å². The molecule has 8 nitrogen and oxygen atoms in total. The first-order valence-electron chi connectivity index (χ1n) is 12.6. The number of carbonyl (C=O) groups is 3. The Balaban J connectivity index is 1.18. The fourth-order valence-corrected chi connectivity index (χ4v) is 5.16. The minimum atomic E-state index is -0.701. The molecule has 1 saturated carbocycles. The molecule has 0 atom stereocenters. The van der Waals surface area contributed by atoms with Crippen molar-refractivity contribution in [1.82, 2.24) is 25.3 Å². The number of aromatic nitrogens is 2. The molecule has 1 spiro atoms. The van der Waals surface area contributed by atoms with Gasteiger partial charge >= 0.3 is 6.03 Å². The summed E-state index contributed by atoms with van der Waals surface area (Å²) < 4.78 is 1.90. The van der Waals surface area contributed by atoms with E-state index in [0.29, 0.717) is 32.4 Å². The van der Waals surface area contributed by atoms with E-state index in [0.717, 1.165) is 35.2 Å². The molecule has 2 heterocycles. The fraction of sp³-hybridized carbons (Fsp3) is 0.357. The van der Waals surface area contributed by atoms with Gasteiger partial charge in [-0.3, -0.25) is 19.2 Å². The summed E-state index contributed by atoms with van der Waals surface area (Å²) in [5.41, 5.74) is 3.21. The molecule has 2 aromatic carbocycles. The number of nitrogens with one attached hydrogen (secondary N) is 2. The van der Waals surface area contributed by atoms with Crippen LogP contribution in [-0.4, -0.2) is 44.6 Å². The van der Waals surface area contributed by atoms with Gasteiger partial charge in [-0.25, -0.2) is 4.79 Å². The first-order chi connectivity index (χ1) is 17.5. The molecular formula is C28H31N5O3. The van der Waals surface area contributed by atoms with Crippen LogP contribution in [0.15, 0.2) is 66.9 Å². The van der Waals surface area contributed by atoms with Crippen molar-refractivity contribution in [2.45, 2.75) is 57.2 Å². The van der Waals surface area contributed by atoms with Crippen LogP contribution < -0.4 is 10.6 Å². The number of nitrogens with zero attached hydrogens (tertiary/aromatic N) is 3. The third kappa shape index (κ3) is 5.03. The molecular weight excluding hydrogens is 454 g/mol. The lowest BCUT2D eigenvalue weighted by atomic mass is 9.98. The van der Waals surface area contributed by atoms with Gasteiger partial charge in [-0.15, -0.1) is 0 Å². The van der Waals surface area contributed by atoms with Crippen LogP contribution in [0.4, 0.5) is 4.79 Å². The molecule has 0 radical (unpaired) electrons. The standard InChI is InChI=1S/C28H31N5O3/c34-24(14-9-17-33-26(35)28(30-27(33)36)15-7-8-16-28)29-18-23-20-32(19-21-10-3-1-4-11-21)31-25(23)22-12-5-2-6-13-22/h1-6,10-13,20H,7-9,14-19H2,(H,29,34)(H,30,36). The van der Waals surface area contributed by atoms with Gasteiger partial charge in [-0.05, 0) is 24.8 Å². The normalized spacial score (nSPS) is 16.5. The molecule has 36 heavy (non-hydrogen) atoms. The minimum Gasteiger partial charge on any atom is -0.352 e. The van der Waals surface area contributed by atoms with Crippen molar-refractivity contribution in [3.05, 3.63) is 78.0 Å². The molecule has 3 aromatic rings. The van der Waals surface area contributed by atoms with Gasteiger partial charge in [0.2, 0.25) is 5.91 Å². The predicted molar refractivity (Wildman–Crippen MR) is 136 cm³/mol. The monoisotopic (exact) mass is 485 g/mol. The van der Waals surface area contributed by atoms with Crippen molar-refractivity contribution in [3.8, 4) is 11.3 Å². The summed E-state index contributed by atoms with van der Waals surface area (Å²) >= 11 is 0. The van der Waals surface area contributed by atoms with Crippen molar-refractivity contribution < 1.29 is 14.4 Å². The molecule has 4 amide bonds. The van der Waals surface area contributed by atoms with Crippen molar-refractivity contribution >= 4 is 17.8 Å². The van der Waals surface area contributed by atoms with Crippen LogP contribution in [0.5, 0.6) is 0 Å². The van der Waals surface area contributed by atoms with E-state index in [-0.39, 0.29) is 30.8 Å². The maximum atomic E-state index is 12.8. The lowest BCUT2D eigenvalue weighted by Crippen LogP contribution is -2.44. The fourth-order valence-electron chi connectivity index (χ4n) is 5.16. The van der Waals surface area contributed by atoms with Gasteiger partial charge < -0.3 is 10.6 Å². The van der Waals surface area contributed by atoms with Gasteiger partial charge in [0.05, 0.1) is 12.2 Å². The summed E-state index contributed by atoms with van der Waals surface area (Å²) in [6.07, 6.45) is 5.96. The van der Waals surface area contributed by atoms with Gasteiger partial charge in [0, 0.05) is 36.8 Å². The van der Waals surface area contributed by atoms with Crippen LogP contribution in [0.25, 0.3) is 11.3 Å². The van der Waals surface area contributed by atoms with E-state index in [2.05, 4.69) is 22.8 Å². The summed E-state index contributed by atoms with van der Waals surface area (Å²) in [5.74, 6) is -0.254. The number of hydrogen-bond acceptors (Lipinski definition) is 4. The van der Waals surface area contributed by atoms with Crippen molar-refractivity contribution in [1.29, 1.82) is 0 Å². The molecule has 1 aromatic heterocycles. The number of hydrogen-bond donors (Lipinski definition) is 2.